The molecule has 0 aliphatic rings. The van der Waals surface area contributed by atoms with Gasteiger partial charge in [0.05, 0.1) is 23.9 Å². The molecule has 0 bridgehead atoms. The van der Waals surface area contributed by atoms with Gasteiger partial charge in [-0.25, -0.2) is 4.39 Å². The van der Waals surface area contributed by atoms with E-state index < -0.39 is 6.04 Å². The lowest BCUT2D eigenvalue weighted by atomic mass is 10.1. The van der Waals surface area contributed by atoms with Crippen LogP contribution in [0.15, 0.2) is 30.3 Å². The summed E-state index contributed by atoms with van der Waals surface area (Å²) in [5.74, 6) is -0.329. The van der Waals surface area contributed by atoms with Crippen LogP contribution in [0.1, 0.15) is 11.7 Å². The van der Waals surface area contributed by atoms with Crippen LogP contribution < -0.4 is 5.73 Å². The Morgan fingerprint density at radius 2 is 2.07 bits per heavy atom. The largest absolute Gasteiger partial charge is 0.394 e. The maximum atomic E-state index is 12.9. The fraction of sp³-hybridized carbons (Fsp3) is 0.182. The molecule has 0 saturated heterocycles. The molecule has 0 aliphatic heterocycles. The zero-order valence-corrected chi connectivity index (χ0v) is 8.02. The molecule has 0 saturated carbocycles. The quantitative estimate of drug-likeness (QED) is 0.780. The molecule has 2 aromatic rings. The number of halogens is 1. The van der Waals surface area contributed by atoms with Gasteiger partial charge in [-0.1, -0.05) is 6.07 Å². The molecule has 3 nitrogen and oxygen atoms in total. The Balaban J connectivity index is 2.54. The Labute approximate surface area is 86.4 Å². The zero-order valence-electron chi connectivity index (χ0n) is 8.02. The average Bonchev–Trinajstić information content (AvgIpc) is 2.27. The van der Waals surface area contributed by atoms with Crippen molar-refractivity contribution in [1.82, 2.24) is 4.98 Å². The molecule has 0 amide bonds. The smallest absolute Gasteiger partial charge is 0.125 e. The van der Waals surface area contributed by atoms with Gasteiger partial charge < -0.3 is 10.8 Å². The van der Waals surface area contributed by atoms with E-state index in [-0.39, 0.29) is 12.4 Å². The van der Waals surface area contributed by atoms with E-state index in [1.54, 1.807) is 12.1 Å². The van der Waals surface area contributed by atoms with Crippen molar-refractivity contribution in [1.29, 1.82) is 0 Å². The van der Waals surface area contributed by atoms with Gasteiger partial charge in [0.15, 0.2) is 0 Å². The molecular formula is C11H11FN2O. The fourth-order valence-corrected chi connectivity index (χ4v) is 1.41. The Hall–Kier alpha value is -1.52. The molecule has 0 radical (unpaired) electrons. The molecule has 2 rings (SSSR count). The summed E-state index contributed by atoms with van der Waals surface area (Å²) in [4.78, 5) is 4.18. The van der Waals surface area contributed by atoms with Crippen LogP contribution in [0.5, 0.6) is 0 Å². The number of aliphatic hydroxyl groups is 1. The van der Waals surface area contributed by atoms with Gasteiger partial charge in [-0.05, 0) is 18.2 Å². The summed E-state index contributed by atoms with van der Waals surface area (Å²) in [5.41, 5.74) is 6.73. The van der Waals surface area contributed by atoms with Crippen LogP contribution in [0.3, 0.4) is 0 Å². The van der Waals surface area contributed by atoms with Crippen molar-refractivity contribution in [2.24, 2.45) is 5.73 Å². The van der Waals surface area contributed by atoms with Crippen molar-refractivity contribution in [3.8, 4) is 0 Å². The van der Waals surface area contributed by atoms with Crippen LogP contribution in [0.25, 0.3) is 10.9 Å². The first-order chi connectivity index (χ1) is 7.20. The van der Waals surface area contributed by atoms with Gasteiger partial charge in [-0.2, -0.15) is 0 Å². The van der Waals surface area contributed by atoms with E-state index in [4.69, 9.17) is 10.8 Å². The third-order valence-corrected chi connectivity index (χ3v) is 2.25. The predicted molar refractivity (Wildman–Crippen MR) is 55.7 cm³/mol. The fourth-order valence-electron chi connectivity index (χ4n) is 1.41. The number of aromatic nitrogens is 1. The summed E-state index contributed by atoms with van der Waals surface area (Å²) in [6, 6.07) is 7.43. The minimum atomic E-state index is -0.516. The second-order valence-corrected chi connectivity index (χ2v) is 3.36. The second-order valence-electron chi connectivity index (χ2n) is 3.36. The molecule has 1 atom stereocenters. The van der Waals surface area contributed by atoms with Crippen molar-refractivity contribution in [2.45, 2.75) is 6.04 Å². The monoisotopic (exact) mass is 206 g/mol. The van der Waals surface area contributed by atoms with Gasteiger partial charge in [-0.3, -0.25) is 4.98 Å². The molecule has 3 N–H and O–H groups in total. The highest BCUT2D eigenvalue weighted by Gasteiger charge is 2.06. The van der Waals surface area contributed by atoms with E-state index in [2.05, 4.69) is 4.98 Å². The van der Waals surface area contributed by atoms with Crippen LogP contribution in [0.4, 0.5) is 4.39 Å². The van der Waals surface area contributed by atoms with Gasteiger partial charge in [-0.15, -0.1) is 0 Å². The second kappa shape index (κ2) is 3.92. The molecule has 1 aromatic carbocycles. The van der Waals surface area contributed by atoms with Crippen LogP contribution in [-0.2, 0) is 0 Å². The standard InChI is InChI=1S/C11H11FN2O/c12-8-3-1-7-2-4-10(9(13)6-15)14-11(7)5-8/h1-5,9,15H,6,13H2/t9-/m1/s1. The van der Waals surface area contributed by atoms with Gasteiger partial charge in [0.1, 0.15) is 5.82 Å². The number of rotatable bonds is 2. The summed E-state index contributed by atoms with van der Waals surface area (Å²) in [7, 11) is 0. The SMILES string of the molecule is N[C@H](CO)c1ccc2ccc(F)cc2n1. The number of nitrogens with zero attached hydrogens (tertiary/aromatic N) is 1. The Bertz CT molecular complexity index is 487. The van der Waals surface area contributed by atoms with E-state index in [1.165, 1.54) is 12.1 Å². The van der Waals surface area contributed by atoms with Crippen LogP contribution in [-0.4, -0.2) is 16.7 Å². The minimum absolute atomic E-state index is 0.173. The lowest BCUT2D eigenvalue weighted by molar-refractivity contribution is 0.266. The van der Waals surface area contributed by atoms with Crippen molar-refractivity contribution in [2.75, 3.05) is 6.61 Å². The highest BCUT2D eigenvalue weighted by Crippen LogP contribution is 2.16. The summed E-state index contributed by atoms with van der Waals surface area (Å²) in [6.45, 7) is -0.173. The van der Waals surface area contributed by atoms with Crippen molar-refractivity contribution < 1.29 is 9.50 Å². The molecule has 0 unspecified atom stereocenters. The Kier molecular flexibility index (Phi) is 2.62. The summed E-state index contributed by atoms with van der Waals surface area (Å²) in [5, 5.41) is 9.73. The predicted octanol–water partition coefficient (Wildman–Crippen LogP) is 1.37. The number of hydrogen-bond acceptors (Lipinski definition) is 3. The number of pyridine rings is 1. The third-order valence-electron chi connectivity index (χ3n) is 2.25. The molecule has 0 aliphatic carbocycles. The molecule has 0 fully saturated rings. The van der Waals surface area contributed by atoms with Gasteiger partial charge in [0, 0.05) is 11.5 Å². The highest BCUT2D eigenvalue weighted by molar-refractivity contribution is 5.78. The maximum absolute atomic E-state index is 12.9. The number of nitrogens with two attached hydrogens (primary N) is 1. The van der Waals surface area contributed by atoms with Crippen LogP contribution >= 0.6 is 0 Å². The average molecular weight is 206 g/mol. The van der Waals surface area contributed by atoms with E-state index >= 15 is 0 Å². The Morgan fingerprint density at radius 1 is 1.33 bits per heavy atom. The van der Waals surface area contributed by atoms with E-state index in [0.717, 1.165) is 5.39 Å². The van der Waals surface area contributed by atoms with Crippen LogP contribution in [0.2, 0.25) is 0 Å². The number of fused-ring (bicyclic) bond motifs is 1. The summed E-state index contributed by atoms with van der Waals surface area (Å²) in [6.07, 6.45) is 0. The molecule has 4 heteroatoms. The molecule has 15 heavy (non-hydrogen) atoms. The zero-order chi connectivity index (χ0) is 10.8. The van der Waals surface area contributed by atoms with E-state index in [1.807, 2.05) is 6.07 Å². The number of hydrogen-bond donors (Lipinski definition) is 2. The van der Waals surface area contributed by atoms with Gasteiger partial charge >= 0.3 is 0 Å². The third kappa shape index (κ3) is 1.95. The number of benzene rings is 1. The first-order valence-corrected chi connectivity index (χ1v) is 4.63. The molecule has 0 spiro atoms. The molecule has 78 valence electrons. The van der Waals surface area contributed by atoms with Crippen molar-refractivity contribution in [3.05, 3.63) is 41.8 Å². The minimum Gasteiger partial charge on any atom is -0.394 e. The normalized spacial score (nSPS) is 13.0. The first-order valence-electron chi connectivity index (χ1n) is 4.63. The highest BCUT2D eigenvalue weighted by atomic mass is 19.1. The first kappa shape index (κ1) is 10.0. The van der Waals surface area contributed by atoms with Crippen molar-refractivity contribution in [3.63, 3.8) is 0 Å². The van der Waals surface area contributed by atoms with Gasteiger partial charge in [0.25, 0.3) is 0 Å². The molecule has 1 aromatic heterocycles. The summed E-state index contributed by atoms with van der Waals surface area (Å²) >= 11 is 0. The van der Waals surface area contributed by atoms with Crippen molar-refractivity contribution >= 4 is 10.9 Å². The lowest BCUT2D eigenvalue weighted by Crippen LogP contribution is -2.15. The van der Waals surface area contributed by atoms with Crippen LogP contribution in [0, 0.1) is 5.82 Å². The summed E-state index contributed by atoms with van der Waals surface area (Å²) < 4.78 is 12.9. The molecule has 1 heterocycles. The maximum Gasteiger partial charge on any atom is 0.125 e. The topological polar surface area (TPSA) is 59.1 Å². The lowest BCUT2D eigenvalue weighted by Gasteiger charge is -2.08. The molecular weight excluding hydrogens is 195 g/mol. The van der Waals surface area contributed by atoms with Gasteiger partial charge in [0.2, 0.25) is 0 Å². The number of aliphatic hydroxyl groups excluding tert-OH is 1. The Morgan fingerprint density at radius 3 is 2.80 bits per heavy atom. The van der Waals surface area contributed by atoms with E-state index in [9.17, 15) is 4.39 Å². The van der Waals surface area contributed by atoms with E-state index in [0.29, 0.717) is 11.2 Å².